The number of carbonyl (C=O) groups is 1. The minimum absolute atomic E-state index is 0.0114. The van der Waals surface area contributed by atoms with E-state index in [-0.39, 0.29) is 25.9 Å². The van der Waals surface area contributed by atoms with Crippen molar-refractivity contribution >= 4 is 34.8 Å². The molecule has 0 spiro atoms. The van der Waals surface area contributed by atoms with Crippen molar-refractivity contribution in [3.63, 3.8) is 0 Å². The highest BCUT2D eigenvalue weighted by Gasteiger charge is 2.18. The van der Waals surface area contributed by atoms with Crippen LogP contribution in [0.5, 0.6) is 5.75 Å². The normalized spacial score (nSPS) is 13.0. The van der Waals surface area contributed by atoms with Gasteiger partial charge in [-0.3, -0.25) is 14.7 Å². The van der Waals surface area contributed by atoms with Gasteiger partial charge in [0.1, 0.15) is 18.1 Å². The average molecular weight is 549 g/mol. The third-order valence-corrected chi connectivity index (χ3v) is 5.85. The highest BCUT2D eigenvalue weighted by atomic mass is 35.5. The van der Waals surface area contributed by atoms with E-state index in [9.17, 15) is 4.79 Å². The number of pyridine rings is 1. The molecule has 1 amide bonds. The topological polar surface area (TPSA) is 98.2 Å². The van der Waals surface area contributed by atoms with Gasteiger partial charge in [0.05, 0.1) is 24.0 Å². The van der Waals surface area contributed by atoms with Crippen molar-refractivity contribution < 1.29 is 19.7 Å². The van der Waals surface area contributed by atoms with E-state index in [0.29, 0.717) is 16.5 Å². The molecule has 0 saturated carbocycles. The summed E-state index contributed by atoms with van der Waals surface area (Å²) in [4.78, 5) is 19.1. The molecule has 0 unspecified atom stereocenters. The number of nitrogens with zero attached hydrogens (tertiary/aromatic N) is 3. The van der Waals surface area contributed by atoms with E-state index in [0.717, 1.165) is 42.5 Å². The maximum atomic E-state index is 11.0. The van der Waals surface area contributed by atoms with Crippen molar-refractivity contribution in [3.05, 3.63) is 88.2 Å². The summed E-state index contributed by atoms with van der Waals surface area (Å²) in [6.07, 6.45) is 1.67. The number of nitrogens with one attached hydrogen (secondary N) is 1. The van der Waals surface area contributed by atoms with E-state index < -0.39 is 0 Å². The highest BCUT2D eigenvalue weighted by molar-refractivity contribution is 6.33. The summed E-state index contributed by atoms with van der Waals surface area (Å²) in [7, 11) is 1.59. The van der Waals surface area contributed by atoms with Crippen LogP contribution < -0.4 is 15.0 Å². The van der Waals surface area contributed by atoms with Crippen molar-refractivity contribution in [2.45, 2.75) is 6.92 Å². The Kier molecular flexibility index (Phi) is 13.8. The van der Waals surface area contributed by atoms with Crippen molar-refractivity contribution in [3.8, 4) is 5.75 Å². The first-order valence-corrected chi connectivity index (χ1v) is 12.6. The van der Waals surface area contributed by atoms with Gasteiger partial charge in [-0.05, 0) is 42.8 Å². The number of aryl methyl sites for hydroxylation is 1. The standard InChI is InChI=1S/C13H19ClN2O3.C8H10N2O.C6H5Cl/c14-12-9-11(19-8-7-17)1-2-13(12)16-5-3-15(10-18)4-6-16;1-6-3-4-7(10-5-6)8(11)9-2;7-6-4-2-1-3-5-6/h1-2,9,17-18H,3-8,10H2;3-5H,1-2H3,(H,9,11);1-5H. The Bertz CT molecular complexity index is 1060. The fourth-order valence-electron chi connectivity index (χ4n) is 3.27. The zero-order valence-electron chi connectivity index (χ0n) is 21.1. The lowest BCUT2D eigenvalue weighted by molar-refractivity contribution is 0.0958. The zero-order valence-corrected chi connectivity index (χ0v) is 22.6. The van der Waals surface area contributed by atoms with Crippen LogP contribution in [0, 0.1) is 6.92 Å². The summed E-state index contributed by atoms with van der Waals surface area (Å²) in [6.45, 7) is 5.64. The summed E-state index contributed by atoms with van der Waals surface area (Å²) < 4.78 is 5.32. The molecule has 1 aromatic heterocycles. The number of hydrogen-bond acceptors (Lipinski definition) is 7. The second-order valence-corrected chi connectivity index (χ2v) is 8.87. The van der Waals surface area contributed by atoms with E-state index in [4.69, 9.17) is 38.2 Å². The van der Waals surface area contributed by atoms with Crippen molar-refractivity contribution in [2.24, 2.45) is 0 Å². The number of amides is 1. The molecule has 1 saturated heterocycles. The SMILES string of the molecule is CNC(=O)c1ccc(C)cn1.Clc1ccccc1.OCCOc1ccc(N2CCN(CO)CC2)c(Cl)c1. The average Bonchev–Trinajstić information content (AvgIpc) is 2.93. The molecule has 8 nitrogen and oxygen atoms in total. The first kappa shape index (κ1) is 30.3. The van der Waals surface area contributed by atoms with Crippen LogP contribution in [0.1, 0.15) is 16.1 Å². The molecule has 0 radical (unpaired) electrons. The summed E-state index contributed by atoms with van der Waals surface area (Å²) in [6, 6.07) is 18.6. The molecule has 1 fully saturated rings. The molecule has 10 heteroatoms. The van der Waals surface area contributed by atoms with Crippen LogP contribution in [-0.4, -0.2) is 79.2 Å². The lowest BCUT2D eigenvalue weighted by atomic mass is 10.2. The number of aliphatic hydroxyl groups excluding tert-OH is 2. The van der Waals surface area contributed by atoms with E-state index in [1.165, 1.54) is 0 Å². The van der Waals surface area contributed by atoms with Gasteiger partial charge >= 0.3 is 0 Å². The lowest BCUT2D eigenvalue weighted by Crippen LogP contribution is -2.46. The fraction of sp³-hybridized carbons (Fsp3) is 0.333. The number of rotatable bonds is 6. The number of hydrogen-bond donors (Lipinski definition) is 3. The molecule has 4 rings (SSSR count). The zero-order chi connectivity index (χ0) is 27.0. The molecular weight excluding hydrogens is 515 g/mol. The van der Waals surface area contributed by atoms with Gasteiger partial charge in [-0.2, -0.15) is 0 Å². The summed E-state index contributed by atoms with van der Waals surface area (Å²) in [5, 5.41) is 21.7. The number of benzene rings is 2. The molecule has 2 heterocycles. The summed E-state index contributed by atoms with van der Waals surface area (Å²) >= 11 is 11.8. The predicted octanol–water partition coefficient (Wildman–Crippen LogP) is 3.87. The van der Waals surface area contributed by atoms with Crippen molar-refractivity contribution in [2.75, 3.05) is 58.1 Å². The van der Waals surface area contributed by atoms with Crippen LogP contribution in [0.2, 0.25) is 10.0 Å². The quantitative estimate of drug-likeness (QED) is 0.430. The first-order valence-electron chi connectivity index (χ1n) is 11.8. The number of anilines is 1. The van der Waals surface area contributed by atoms with Crippen LogP contribution in [0.3, 0.4) is 0 Å². The van der Waals surface area contributed by atoms with Gasteiger partial charge in [0.2, 0.25) is 0 Å². The molecule has 0 bridgehead atoms. The highest BCUT2D eigenvalue weighted by Crippen LogP contribution is 2.30. The predicted molar refractivity (Wildman–Crippen MR) is 149 cm³/mol. The van der Waals surface area contributed by atoms with Crippen LogP contribution in [0.4, 0.5) is 5.69 Å². The van der Waals surface area contributed by atoms with E-state index >= 15 is 0 Å². The summed E-state index contributed by atoms with van der Waals surface area (Å²) in [5.41, 5.74) is 2.49. The number of aromatic nitrogens is 1. The Morgan fingerprint density at radius 1 is 1.03 bits per heavy atom. The number of ether oxygens (including phenoxy) is 1. The van der Waals surface area contributed by atoms with Crippen molar-refractivity contribution in [1.82, 2.24) is 15.2 Å². The Morgan fingerprint density at radius 3 is 2.22 bits per heavy atom. The van der Waals surface area contributed by atoms with E-state index in [1.807, 2.05) is 60.4 Å². The Labute approximate surface area is 228 Å². The number of carbonyl (C=O) groups excluding carboxylic acids is 1. The third kappa shape index (κ3) is 11.0. The number of halogens is 2. The molecule has 0 aliphatic carbocycles. The smallest absolute Gasteiger partial charge is 0.269 e. The third-order valence-electron chi connectivity index (χ3n) is 5.30. The van der Waals surface area contributed by atoms with Crippen LogP contribution in [0.15, 0.2) is 66.9 Å². The molecular formula is C27H34Cl2N4O4. The van der Waals surface area contributed by atoms with Crippen LogP contribution in [-0.2, 0) is 0 Å². The first-order chi connectivity index (χ1) is 17.9. The van der Waals surface area contributed by atoms with Gasteiger partial charge < -0.3 is 25.2 Å². The minimum Gasteiger partial charge on any atom is -0.491 e. The van der Waals surface area contributed by atoms with Gasteiger partial charge in [0.15, 0.2) is 0 Å². The Hall–Kier alpha value is -2.88. The van der Waals surface area contributed by atoms with Gasteiger partial charge in [-0.15, -0.1) is 0 Å². The molecule has 0 atom stereocenters. The van der Waals surface area contributed by atoms with Gasteiger partial charge in [0.25, 0.3) is 5.91 Å². The molecule has 2 aromatic carbocycles. The minimum atomic E-state index is -0.148. The molecule has 200 valence electrons. The molecule has 1 aliphatic heterocycles. The Morgan fingerprint density at radius 2 is 1.73 bits per heavy atom. The molecule has 3 aromatic rings. The lowest BCUT2D eigenvalue weighted by Gasteiger charge is -2.35. The second kappa shape index (κ2) is 16.8. The maximum Gasteiger partial charge on any atom is 0.269 e. The van der Waals surface area contributed by atoms with Gasteiger partial charge in [-0.1, -0.05) is 47.5 Å². The van der Waals surface area contributed by atoms with Gasteiger partial charge in [-0.25, -0.2) is 0 Å². The maximum absolute atomic E-state index is 11.0. The number of aliphatic hydroxyl groups is 2. The largest absolute Gasteiger partial charge is 0.491 e. The second-order valence-electron chi connectivity index (χ2n) is 8.03. The van der Waals surface area contributed by atoms with E-state index in [2.05, 4.69) is 15.2 Å². The molecule has 37 heavy (non-hydrogen) atoms. The fourth-order valence-corrected chi connectivity index (χ4v) is 3.71. The van der Waals surface area contributed by atoms with Crippen molar-refractivity contribution in [1.29, 1.82) is 0 Å². The Balaban J connectivity index is 0.000000224. The van der Waals surface area contributed by atoms with Crippen LogP contribution >= 0.6 is 23.2 Å². The molecule has 1 aliphatic rings. The van der Waals surface area contributed by atoms with Crippen LogP contribution in [0.25, 0.3) is 0 Å². The van der Waals surface area contributed by atoms with Gasteiger partial charge in [0, 0.05) is 50.5 Å². The summed E-state index contributed by atoms with van der Waals surface area (Å²) in [5.74, 6) is 0.516. The molecule has 3 N–H and O–H groups in total. The number of piperazine rings is 1. The monoisotopic (exact) mass is 548 g/mol. The van der Waals surface area contributed by atoms with E-state index in [1.54, 1.807) is 25.4 Å².